The fourth-order valence-corrected chi connectivity index (χ4v) is 3.20. The van der Waals surface area contributed by atoms with Crippen LogP contribution < -0.4 is 21.1 Å². The van der Waals surface area contributed by atoms with Crippen LogP contribution in [0.25, 0.3) is 11.8 Å². The Morgan fingerprint density at radius 1 is 1.08 bits per heavy atom. The Morgan fingerprint density at radius 3 is 2.44 bits per heavy atom. The van der Waals surface area contributed by atoms with E-state index in [1.807, 2.05) is 18.2 Å². The van der Waals surface area contributed by atoms with E-state index < -0.39 is 5.97 Å². The molecule has 0 atom stereocenters. The molecule has 0 bridgehead atoms. The lowest BCUT2D eigenvalue weighted by molar-refractivity contribution is -0.169. The summed E-state index contributed by atoms with van der Waals surface area (Å²) in [4.78, 5) is 39.3. The third kappa shape index (κ3) is 3.71. The fraction of sp³-hybridized carbons (Fsp3) is 0.278. The second kappa shape index (κ2) is 6.43. The number of hydrogen-bond acceptors (Lipinski definition) is 5. The summed E-state index contributed by atoms with van der Waals surface area (Å²) in [5.41, 5.74) is 3.37. The summed E-state index contributed by atoms with van der Waals surface area (Å²) in [6.07, 6.45) is 4.21. The van der Waals surface area contributed by atoms with E-state index in [9.17, 15) is 14.4 Å². The molecule has 25 heavy (non-hydrogen) atoms. The lowest BCUT2D eigenvalue weighted by Crippen LogP contribution is -2.43. The van der Waals surface area contributed by atoms with Gasteiger partial charge in [-0.25, -0.2) is 5.06 Å². The van der Waals surface area contributed by atoms with Crippen LogP contribution in [0.15, 0.2) is 23.9 Å². The van der Waals surface area contributed by atoms with Gasteiger partial charge < -0.3 is 15.5 Å². The molecule has 0 unspecified atom stereocenters. The van der Waals surface area contributed by atoms with Gasteiger partial charge in [0, 0.05) is 50.0 Å². The van der Waals surface area contributed by atoms with Crippen molar-refractivity contribution in [1.29, 1.82) is 0 Å². The first-order valence-corrected chi connectivity index (χ1v) is 7.90. The van der Waals surface area contributed by atoms with E-state index in [0.29, 0.717) is 18.7 Å². The molecular formula is C18H19N3O4. The Hall–Kier alpha value is -3.09. The Bertz CT molecular complexity index is 930. The van der Waals surface area contributed by atoms with E-state index in [1.165, 1.54) is 25.8 Å². The summed E-state index contributed by atoms with van der Waals surface area (Å²) in [5, 5.41) is 8.95. The first-order valence-electron chi connectivity index (χ1n) is 7.90. The van der Waals surface area contributed by atoms with Crippen LogP contribution in [0.5, 0.6) is 0 Å². The third-order valence-corrected chi connectivity index (χ3v) is 3.81. The second-order valence-electron chi connectivity index (χ2n) is 6.12. The van der Waals surface area contributed by atoms with Gasteiger partial charge in [-0.3, -0.25) is 14.4 Å². The lowest BCUT2D eigenvalue weighted by Gasteiger charge is -2.26. The molecule has 0 fully saturated rings. The highest BCUT2D eigenvalue weighted by Gasteiger charge is 2.20. The zero-order valence-electron chi connectivity index (χ0n) is 14.3. The Kier molecular flexibility index (Phi) is 4.31. The average molecular weight is 341 g/mol. The monoisotopic (exact) mass is 341 g/mol. The number of carbonyl (C=O) groups is 3. The maximum Gasteiger partial charge on any atom is 0.329 e. The molecule has 2 N–H and O–H groups in total. The number of amides is 2. The van der Waals surface area contributed by atoms with Gasteiger partial charge in [0.2, 0.25) is 11.8 Å². The molecule has 2 amide bonds. The van der Waals surface area contributed by atoms with Crippen molar-refractivity contribution >= 4 is 35.2 Å². The van der Waals surface area contributed by atoms with E-state index in [1.54, 1.807) is 6.20 Å². The first-order chi connectivity index (χ1) is 11.8. The van der Waals surface area contributed by atoms with Crippen LogP contribution >= 0.6 is 0 Å². The number of anilines is 1. The number of allylic oxidation sites excluding steroid dienone is 1. The molecule has 0 spiro atoms. The SMILES string of the molecule is CC(=O)NC1=CC2=c3c(cc(NC(C)=O)cc3=CN(OC(C)=O)C2)C1. The van der Waals surface area contributed by atoms with Crippen molar-refractivity contribution in [2.45, 2.75) is 27.2 Å². The van der Waals surface area contributed by atoms with Gasteiger partial charge in [0.25, 0.3) is 0 Å². The van der Waals surface area contributed by atoms with Gasteiger partial charge in [0.1, 0.15) is 0 Å². The molecular weight excluding hydrogens is 322 g/mol. The highest BCUT2D eigenvalue weighted by atomic mass is 16.7. The zero-order chi connectivity index (χ0) is 18.1. The number of rotatable bonds is 3. The maximum atomic E-state index is 11.4. The molecule has 7 nitrogen and oxygen atoms in total. The number of carbonyl (C=O) groups excluding carboxylic acids is 3. The lowest BCUT2D eigenvalue weighted by atomic mass is 9.93. The van der Waals surface area contributed by atoms with Crippen LogP contribution in [0.4, 0.5) is 5.69 Å². The molecule has 130 valence electrons. The summed E-state index contributed by atoms with van der Waals surface area (Å²) >= 11 is 0. The zero-order valence-corrected chi connectivity index (χ0v) is 14.3. The second-order valence-corrected chi connectivity index (χ2v) is 6.12. The van der Waals surface area contributed by atoms with Gasteiger partial charge in [-0.1, -0.05) is 0 Å². The van der Waals surface area contributed by atoms with Crippen LogP contribution in [0.1, 0.15) is 26.3 Å². The maximum absolute atomic E-state index is 11.4. The minimum absolute atomic E-state index is 0.146. The molecule has 0 radical (unpaired) electrons. The van der Waals surface area contributed by atoms with E-state index in [4.69, 9.17) is 4.84 Å². The molecule has 0 saturated carbocycles. The minimum Gasteiger partial charge on any atom is -0.341 e. The van der Waals surface area contributed by atoms with E-state index >= 15 is 0 Å². The smallest absolute Gasteiger partial charge is 0.329 e. The van der Waals surface area contributed by atoms with E-state index in [-0.39, 0.29) is 11.8 Å². The van der Waals surface area contributed by atoms with Gasteiger partial charge in [0.15, 0.2) is 0 Å². The van der Waals surface area contributed by atoms with Crippen LogP contribution in [0, 0.1) is 0 Å². The van der Waals surface area contributed by atoms with Gasteiger partial charge in [0.05, 0.1) is 6.54 Å². The molecule has 1 aromatic rings. The molecule has 1 aliphatic carbocycles. The summed E-state index contributed by atoms with van der Waals surface area (Å²) in [7, 11) is 0. The van der Waals surface area contributed by atoms with Crippen LogP contribution in [-0.2, 0) is 25.6 Å². The van der Waals surface area contributed by atoms with Crippen molar-refractivity contribution in [3.8, 4) is 0 Å². The van der Waals surface area contributed by atoms with Gasteiger partial charge >= 0.3 is 5.97 Å². The highest BCUT2D eigenvalue weighted by molar-refractivity contribution is 5.89. The fourth-order valence-electron chi connectivity index (χ4n) is 3.20. The Labute approximate surface area is 144 Å². The number of nitrogens with one attached hydrogen (secondary N) is 2. The van der Waals surface area contributed by atoms with Crippen LogP contribution in [0.3, 0.4) is 0 Å². The van der Waals surface area contributed by atoms with Crippen molar-refractivity contribution in [2.75, 3.05) is 11.9 Å². The van der Waals surface area contributed by atoms with Crippen LogP contribution in [-0.4, -0.2) is 29.4 Å². The molecule has 2 aliphatic rings. The predicted molar refractivity (Wildman–Crippen MR) is 91.9 cm³/mol. The average Bonchev–Trinajstić information content (AvgIpc) is 2.43. The third-order valence-electron chi connectivity index (χ3n) is 3.81. The first kappa shape index (κ1) is 16.8. The number of benzene rings is 1. The molecule has 1 aliphatic heterocycles. The quantitative estimate of drug-likeness (QED) is 0.802. The van der Waals surface area contributed by atoms with Crippen LogP contribution in [0.2, 0.25) is 0 Å². The molecule has 3 rings (SSSR count). The van der Waals surface area contributed by atoms with Gasteiger partial charge in [-0.05, 0) is 34.6 Å². The van der Waals surface area contributed by atoms with E-state index in [2.05, 4.69) is 10.6 Å². The molecule has 0 aromatic heterocycles. The molecule has 1 aromatic carbocycles. The topological polar surface area (TPSA) is 87.7 Å². The minimum atomic E-state index is -0.416. The Balaban J connectivity index is 2.14. The summed E-state index contributed by atoms with van der Waals surface area (Å²) in [5.74, 6) is -0.731. The van der Waals surface area contributed by atoms with Crippen molar-refractivity contribution in [3.63, 3.8) is 0 Å². The Morgan fingerprint density at radius 2 is 1.80 bits per heavy atom. The largest absolute Gasteiger partial charge is 0.341 e. The van der Waals surface area contributed by atoms with Crippen molar-refractivity contribution in [3.05, 3.63) is 39.9 Å². The van der Waals surface area contributed by atoms with Crippen molar-refractivity contribution in [1.82, 2.24) is 10.4 Å². The summed E-state index contributed by atoms with van der Waals surface area (Å²) in [6, 6.07) is 3.75. The number of nitrogens with zero attached hydrogens (tertiary/aromatic N) is 1. The summed E-state index contributed by atoms with van der Waals surface area (Å²) < 4.78 is 0. The van der Waals surface area contributed by atoms with Gasteiger partial charge in [-0.15, -0.1) is 0 Å². The number of hydroxylamine groups is 2. The normalized spacial score (nSPS) is 14.8. The summed E-state index contributed by atoms with van der Waals surface area (Å²) in [6.45, 7) is 4.63. The van der Waals surface area contributed by atoms with Crippen molar-refractivity contribution < 1.29 is 19.2 Å². The molecule has 0 saturated heterocycles. The van der Waals surface area contributed by atoms with E-state index in [0.717, 1.165) is 27.3 Å². The molecule has 7 heteroatoms. The number of hydrogen-bond donors (Lipinski definition) is 2. The van der Waals surface area contributed by atoms with Crippen molar-refractivity contribution in [2.24, 2.45) is 0 Å². The molecule has 1 heterocycles. The predicted octanol–water partition coefficient (Wildman–Crippen LogP) is -0.0965. The van der Waals surface area contributed by atoms with Gasteiger partial charge in [-0.2, -0.15) is 0 Å². The highest BCUT2D eigenvalue weighted by Crippen LogP contribution is 2.18. The standard InChI is InChI=1S/C18H19N3O4/c1-10(22)19-16-4-13-5-17(20-11(2)23)7-15-9-21(25-12(3)24)8-14(6-16)18(13)15/h4,6-8H,5,9H2,1-3H3,(H,19,22)(H,20,23).